The third-order valence-electron chi connectivity index (χ3n) is 3.86. The number of hydrogen-bond acceptors (Lipinski definition) is 2. The van der Waals surface area contributed by atoms with Crippen LogP contribution in [0.4, 0.5) is 0 Å². The number of hydrogen-bond donors (Lipinski definition) is 1. The van der Waals surface area contributed by atoms with Crippen LogP contribution in [0.25, 0.3) is 0 Å². The van der Waals surface area contributed by atoms with Crippen molar-refractivity contribution in [1.82, 2.24) is 10.2 Å². The minimum absolute atomic E-state index is 0.241. The molecule has 2 fully saturated rings. The summed E-state index contributed by atoms with van der Waals surface area (Å²) in [7, 11) is 0. The minimum Gasteiger partial charge on any atom is -0.332 e. The van der Waals surface area contributed by atoms with E-state index in [1.807, 2.05) is 13.0 Å². The third kappa shape index (κ3) is 1.88. The van der Waals surface area contributed by atoms with Gasteiger partial charge in [0.15, 0.2) is 0 Å². The number of amides is 1. The SMILES string of the molecule is CC/C=C(\C)C(=O)N1C(C)CC2CNCC21. The monoisotopic (exact) mass is 222 g/mol. The molecule has 2 aliphatic rings. The van der Waals surface area contributed by atoms with Crippen molar-refractivity contribution in [2.45, 2.75) is 45.7 Å². The lowest BCUT2D eigenvalue weighted by Crippen LogP contribution is -2.43. The average molecular weight is 222 g/mol. The van der Waals surface area contributed by atoms with Gasteiger partial charge in [-0.25, -0.2) is 0 Å². The van der Waals surface area contributed by atoms with E-state index in [1.54, 1.807) is 0 Å². The molecule has 2 rings (SSSR count). The van der Waals surface area contributed by atoms with Gasteiger partial charge in [0, 0.05) is 30.7 Å². The van der Waals surface area contributed by atoms with Crippen molar-refractivity contribution in [3.05, 3.63) is 11.6 Å². The van der Waals surface area contributed by atoms with Crippen molar-refractivity contribution < 1.29 is 4.79 Å². The molecule has 3 heteroatoms. The van der Waals surface area contributed by atoms with Gasteiger partial charge in [0.25, 0.3) is 0 Å². The molecule has 2 heterocycles. The second kappa shape index (κ2) is 4.58. The van der Waals surface area contributed by atoms with Gasteiger partial charge in [-0.2, -0.15) is 0 Å². The Labute approximate surface area is 97.9 Å². The van der Waals surface area contributed by atoms with E-state index in [0.717, 1.165) is 31.5 Å². The summed E-state index contributed by atoms with van der Waals surface area (Å²) in [6, 6.07) is 0.840. The maximum Gasteiger partial charge on any atom is 0.249 e. The summed E-state index contributed by atoms with van der Waals surface area (Å²) in [4.78, 5) is 14.4. The van der Waals surface area contributed by atoms with Gasteiger partial charge < -0.3 is 10.2 Å². The standard InChI is InChI=1S/C13H22N2O/c1-4-5-9(2)13(16)15-10(3)6-11-7-14-8-12(11)15/h5,10-12,14H,4,6-8H2,1-3H3/b9-5+. The first kappa shape index (κ1) is 11.6. The van der Waals surface area contributed by atoms with E-state index in [9.17, 15) is 4.79 Å². The van der Waals surface area contributed by atoms with Crippen LogP contribution < -0.4 is 5.32 Å². The second-order valence-electron chi connectivity index (χ2n) is 5.08. The number of carbonyl (C=O) groups excluding carboxylic acids is 1. The first-order chi connectivity index (χ1) is 7.65. The van der Waals surface area contributed by atoms with Crippen LogP contribution in [-0.2, 0) is 4.79 Å². The maximum atomic E-state index is 12.3. The van der Waals surface area contributed by atoms with Gasteiger partial charge in [-0.3, -0.25) is 4.79 Å². The molecule has 0 spiro atoms. The minimum atomic E-state index is 0.241. The first-order valence-electron chi connectivity index (χ1n) is 6.35. The number of likely N-dealkylation sites (tertiary alicyclic amines) is 1. The molecule has 2 saturated heterocycles. The van der Waals surface area contributed by atoms with E-state index in [4.69, 9.17) is 0 Å². The topological polar surface area (TPSA) is 32.3 Å². The molecule has 0 bridgehead atoms. The smallest absolute Gasteiger partial charge is 0.249 e. The zero-order valence-corrected chi connectivity index (χ0v) is 10.5. The lowest BCUT2D eigenvalue weighted by atomic mass is 10.0. The van der Waals surface area contributed by atoms with Gasteiger partial charge in [-0.1, -0.05) is 13.0 Å². The summed E-state index contributed by atoms with van der Waals surface area (Å²) in [5.74, 6) is 0.916. The molecule has 1 amide bonds. The lowest BCUT2D eigenvalue weighted by molar-refractivity contribution is -0.129. The van der Waals surface area contributed by atoms with E-state index in [0.29, 0.717) is 18.0 Å². The Kier molecular flexibility index (Phi) is 3.33. The molecule has 0 aromatic heterocycles. The number of fused-ring (bicyclic) bond motifs is 1. The Balaban J connectivity index is 2.13. The number of carbonyl (C=O) groups is 1. The van der Waals surface area contributed by atoms with Gasteiger partial charge in [-0.05, 0) is 32.6 Å². The van der Waals surface area contributed by atoms with Crippen LogP contribution in [0.3, 0.4) is 0 Å². The quantitative estimate of drug-likeness (QED) is 0.719. The fourth-order valence-electron chi connectivity index (χ4n) is 3.11. The van der Waals surface area contributed by atoms with Crippen LogP contribution in [0, 0.1) is 5.92 Å². The average Bonchev–Trinajstić information content (AvgIpc) is 2.76. The molecular formula is C13H22N2O. The molecule has 3 unspecified atom stereocenters. The summed E-state index contributed by atoms with van der Waals surface area (Å²) >= 11 is 0. The lowest BCUT2D eigenvalue weighted by Gasteiger charge is -2.28. The van der Waals surface area contributed by atoms with Crippen molar-refractivity contribution in [2.75, 3.05) is 13.1 Å². The van der Waals surface area contributed by atoms with Crippen LogP contribution in [0.15, 0.2) is 11.6 Å². The zero-order valence-electron chi connectivity index (χ0n) is 10.5. The van der Waals surface area contributed by atoms with Crippen molar-refractivity contribution in [3.8, 4) is 0 Å². The molecule has 0 aromatic rings. The van der Waals surface area contributed by atoms with Gasteiger partial charge >= 0.3 is 0 Å². The van der Waals surface area contributed by atoms with Crippen molar-refractivity contribution in [3.63, 3.8) is 0 Å². The van der Waals surface area contributed by atoms with Crippen LogP contribution in [0.5, 0.6) is 0 Å². The van der Waals surface area contributed by atoms with Crippen LogP contribution in [-0.4, -0.2) is 36.0 Å². The fraction of sp³-hybridized carbons (Fsp3) is 0.769. The molecule has 16 heavy (non-hydrogen) atoms. The maximum absolute atomic E-state index is 12.3. The highest BCUT2D eigenvalue weighted by Crippen LogP contribution is 2.33. The van der Waals surface area contributed by atoms with Crippen molar-refractivity contribution in [2.24, 2.45) is 5.92 Å². The van der Waals surface area contributed by atoms with E-state index in [-0.39, 0.29) is 5.91 Å². The van der Waals surface area contributed by atoms with Crippen molar-refractivity contribution >= 4 is 5.91 Å². The highest BCUT2D eigenvalue weighted by molar-refractivity contribution is 5.93. The van der Waals surface area contributed by atoms with Gasteiger partial charge in [0.1, 0.15) is 0 Å². The molecule has 90 valence electrons. The Hall–Kier alpha value is -0.830. The number of nitrogens with zero attached hydrogens (tertiary/aromatic N) is 1. The van der Waals surface area contributed by atoms with Crippen LogP contribution in [0.1, 0.15) is 33.6 Å². The molecule has 1 N–H and O–H groups in total. The number of allylic oxidation sites excluding steroid dienone is 1. The second-order valence-corrected chi connectivity index (χ2v) is 5.08. The normalized spacial score (nSPS) is 34.3. The Morgan fingerprint density at radius 3 is 2.94 bits per heavy atom. The number of nitrogens with one attached hydrogen (secondary N) is 1. The Morgan fingerprint density at radius 2 is 2.25 bits per heavy atom. The van der Waals surface area contributed by atoms with Crippen LogP contribution >= 0.6 is 0 Å². The molecule has 3 nitrogen and oxygen atoms in total. The largest absolute Gasteiger partial charge is 0.332 e. The molecule has 2 aliphatic heterocycles. The molecule has 0 radical (unpaired) electrons. The van der Waals surface area contributed by atoms with Crippen molar-refractivity contribution in [1.29, 1.82) is 0 Å². The molecular weight excluding hydrogens is 200 g/mol. The van der Waals surface area contributed by atoms with E-state index in [2.05, 4.69) is 24.1 Å². The molecule has 0 aliphatic carbocycles. The summed E-state index contributed by atoms with van der Waals surface area (Å²) < 4.78 is 0. The summed E-state index contributed by atoms with van der Waals surface area (Å²) in [5, 5.41) is 3.39. The summed E-state index contributed by atoms with van der Waals surface area (Å²) in [6.07, 6.45) is 4.12. The highest BCUT2D eigenvalue weighted by Gasteiger charge is 2.44. The van der Waals surface area contributed by atoms with Gasteiger partial charge in [-0.15, -0.1) is 0 Å². The first-order valence-corrected chi connectivity index (χ1v) is 6.35. The zero-order chi connectivity index (χ0) is 11.7. The fourth-order valence-corrected chi connectivity index (χ4v) is 3.11. The Morgan fingerprint density at radius 1 is 1.50 bits per heavy atom. The predicted octanol–water partition coefficient (Wildman–Crippen LogP) is 1.55. The van der Waals surface area contributed by atoms with E-state index in [1.165, 1.54) is 0 Å². The van der Waals surface area contributed by atoms with E-state index < -0.39 is 0 Å². The van der Waals surface area contributed by atoms with Gasteiger partial charge in [0.2, 0.25) is 5.91 Å². The van der Waals surface area contributed by atoms with E-state index >= 15 is 0 Å². The Bertz CT molecular complexity index is 311. The molecule has 0 aromatic carbocycles. The number of rotatable bonds is 2. The third-order valence-corrected chi connectivity index (χ3v) is 3.86. The highest BCUT2D eigenvalue weighted by atomic mass is 16.2. The van der Waals surface area contributed by atoms with Crippen LogP contribution in [0.2, 0.25) is 0 Å². The summed E-state index contributed by atoms with van der Waals surface area (Å²) in [6.45, 7) is 8.24. The predicted molar refractivity (Wildman–Crippen MR) is 65.1 cm³/mol. The molecule has 3 atom stereocenters. The van der Waals surface area contributed by atoms with Gasteiger partial charge in [0.05, 0.1) is 0 Å². The molecule has 0 saturated carbocycles. The summed E-state index contributed by atoms with van der Waals surface area (Å²) in [5.41, 5.74) is 0.905.